The zero-order valence-corrected chi connectivity index (χ0v) is 28.3. The number of piperidine rings is 1. The Morgan fingerprint density at radius 2 is 2.09 bits per heavy atom. The average molecular weight is 659 g/mol. The molecule has 5 atom stereocenters. The molecule has 0 saturated carbocycles. The van der Waals surface area contributed by atoms with Crippen molar-refractivity contribution in [2.45, 2.75) is 88.8 Å². The number of aliphatic hydroxyl groups excluding tert-OH is 1. The lowest BCUT2D eigenvalue weighted by atomic mass is 9.82. The van der Waals surface area contributed by atoms with Crippen LogP contribution in [0.5, 0.6) is 0 Å². The summed E-state index contributed by atoms with van der Waals surface area (Å²) in [7, 11) is -2.02. The maximum atomic E-state index is 16.2. The highest BCUT2D eigenvalue weighted by molar-refractivity contribution is 6.72. The van der Waals surface area contributed by atoms with Gasteiger partial charge >= 0.3 is 5.97 Å². The van der Waals surface area contributed by atoms with Crippen LogP contribution in [0.3, 0.4) is 0 Å². The molecule has 1 spiro atoms. The summed E-state index contributed by atoms with van der Waals surface area (Å²) in [6, 6.07) is 5.47. The van der Waals surface area contributed by atoms with Gasteiger partial charge in [-0.05, 0) is 69.9 Å². The van der Waals surface area contributed by atoms with Gasteiger partial charge in [0, 0.05) is 68.0 Å². The number of anilines is 2. The van der Waals surface area contributed by atoms with Crippen LogP contribution in [0.2, 0.25) is 18.6 Å². The second-order valence-corrected chi connectivity index (χ2v) is 17.1. The summed E-state index contributed by atoms with van der Waals surface area (Å²) in [6.07, 6.45) is 5.11. The fourth-order valence-corrected chi connectivity index (χ4v) is 10.1. The zero-order valence-electron chi connectivity index (χ0n) is 27.3. The molecule has 46 heavy (non-hydrogen) atoms. The third-order valence-corrected chi connectivity index (χ3v) is 12.2. The lowest BCUT2D eigenvalue weighted by molar-refractivity contribution is -0.146. The van der Waals surface area contributed by atoms with E-state index >= 15 is 4.11 Å². The molecule has 2 saturated heterocycles. The molecule has 1 aromatic carbocycles. The van der Waals surface area contributed by atoms with Gasteiger partial charge in [-0.3, -0.25) is 19.1 Å². The molecule has 1 aromatic heterocycles. The van der Waals surface area contributed by atoms with E-state index in [0.717, 1.165) is 19.4 Å². The second kappa shape index (κ2) is 14.3. The molecule has 3 N–H and O–H groups in total. The van der Waals surface area contributed by atoms with E-state index in [2.05, 4.69) is 20.9 Å². The van der Waals surface area contributed by atoms with E-state index in [9.17, 15) is 19.5 Å². The van der Waals surface area contributed by atoms with E-state index in [-0.39, 0.29) is 36.7 Å². The first-order chi connectivity index (χ1) is 22.0. The highest BCUT2D eigenvalue weighted by Crippen LogP contribution is 2.60. The van der Waals surface area contributed by atoms with Crippen LogP contribution in [0.4, 0.5) is 15.5 Å². The largest absolute Gasteiger partial charge is 0.469 e. The van der Waals surface area contributed by atoms with Gasteiger partial charge in [0.25, 0.3) is 5.91 Å². The Morgan fingerprint density at radius 1 is 1.28 bits per heavy atom. The van der Waals surface area contributed by atoms with Crippen LogP contribution < -0.4 is 15.5 Å². The predicted octanol–water partition coefficient (Wildman–Crippen LogP) is 3.31. The maximum Gasteiger partial charge on any atom is 0.305 e. The van der Waals surface area contributed by atoms with E-state index in [4.69, 9.17) is 9.47 Å². The number of carbonyl (C=O) groups is 3. The molecular formula is C32H47FN6O6Si. The molecule has 0 aliphatic carbocycles. The van der Waals surface area contributed by atoms with Crippen molar-refractivity contribution in [2.75, 3.05) is 43.6 Å². The number of ether oxygens (including phenoxy) is 2. The number of aryl methyl sites for hydroxylation is 1. The number of aromatic nitrogens is 3. The van der Waals surface area contributed by atoms with Gasteiger partial charge in [-0.25, -0.2) is 0 Å². The number of hydrogen-bond acceptors (Lipinski definition) is 9. The standard InChI is InChI=1S/C32H47FN6O6Si/c1-21-29(46(3,4)33)27(12-16-38-20-24(13-17-40)36-37-38)45-32(21)25-18-23(35-30(42)22-8-7-14-34-19-22)10-11-26(25)39(31(32)43)15-6-5-9-28(41)44-2/h10-11,18,20-22,27,29,34,40H,5-9,12-17,19H2,1-4H3,(H,35,42)/t21-,22?,27+,29-,32+/m0/s1. The molecule has 2 fully saturated rings. The Hall–Kier alpha value is -3.20. The van der Waals surface area contributed by atoms with Gasteiger partial charge in [0.15, 0.2) is 5.60 Å². The molecule has 14 heteroatoms. The topological polar surface area (TPSA) is 148 Å². The van der Waals surface area contributed by atoms with Crippen LogP contribution in [0.1, 0.15) is 56.7 Å². The first-order valence-electron chi connectivity index (χ1n) is 16.4. The molecule has 2 amide bonds. The minimum Gasteiger partial charge on any atom is -0.469 e. The normalized spacial score (nSPS) is 26.0. The first-order valence-corrected chi connectivity index (χ1v) is 19.4. The summed E-state index contributed by atoms with van der Waals surface area (Å²) in [4.78, 5) is 41.1. The van der Waals surface area contributed by atoms with E-state index in [1.54, 1.807) is 34.9 Å². The smallest absolute Gasteiger partial charge is 0.305 e. The monoisotopic (exact) mass is 658 g/mol. The van der Waals surface area contributed by atoms with E-state index in [1.807, 2.05) is 19.1 Å². The summed E-state index contributed by atoms with van der Waals surface area (Å²) in [5.41, 5.74) is 0.624. The molecule has 4 heterocycles. The fourth-order valence-electron chi connectivity index (χ4n) is 7.51. The number of aliphatic hydroxyl groups is 1. The molecule has 2 aromatic rings. The van der Waals surface area contributed by atoms with E-state index in [1.165, 1.54) is 7.11 Å². The number of nitrogens with one attached hydrogen (secondary N) is 2. The van der Waals surface area contributed by atoms with Crippen molar-refractivity contribution in [3.8, 4) is 0 Å². The van der Waals surface area contributed by atoms with Crippen molar-refractivity contribution in [1.29, 1.82) is 0 Å². The van der Waals surface area contributed by atoms with Crippen molar-refractivity contribution in [3.63, 3.8) is 0 Å². The number of halogens is 1. The number of rotatable bonds is 13. The van der Waals surface area contributed by atoms with Gasteiger partial charge in [-0.2, -0.15) is 0 Å². The van der Waals surface area contributed by atoms with E-state index < -0.39 is 31.6 Å². The van der Waals surface area contributed by atoms with Crippen LogP contribution >= 0.6 is 0 Å². The molecule has 252 valence electrons. The summed E-state index contributed by atoms with van der Waals surface area (Å²) in [6.45, 7) is 7.50. The SMILES string of the molecule is COC(=O)CCCCN1C(=O)[C@]2(O[C@H](CCn3cc(CCO)nn3)[C@@H]([Si](C)(C)F)[C@@H]2C)c2cc(NC(=O)C3CCCNC3)ccc21. The molecular weight excluding hydrogens is 611 g/mol. The summed E-state index contributed by atoms with van der Waals surface area (Å²) in [5.74, 6) is -1.25. The zero-order chi connectivity index (χ0) is 33.1. The molecule has 1 unspecified atom stereocenters. The summed E-state index contributed by atoms with van der Waals surface area (Å²) < 4.78 is 29.5. The summed E-state index contributed by atoms with van der Waals surface area (Å²) >= 11 is 0. The minimum absolute atomic E-state index is 0.0329. The van der Waals surface area contributed by atoms with Crippen molar-refractivity contribution in [3.05, 3.63) is 35.7 Å². The molecule has 5 rings (SSSR count). The molecule has 0 radical (unpaired) electrons. The highest BCUT2D eigenvalue weighted by Gasteiger charge is 2.66. The molecule has 0 bridgehead atoms. The quantitative estimate of drug-likeness (QED) is 0.128. The number of benzene rings is 1. The lowest BCUT2D eigenvalue weighted by Crippen LogP contribution is -2.45. The Bertz CT molecular complexity index is 1410. The van der Waals surface area contributed by atoms with Crippen molar-refractivity contribution >= 4 is 37.6 Å². The number of unbranched alkanes of at least 4 members (excludes halogenated alkanes) is 1. The summed E-state index contributed by atoms with van der Waals surface area (Å²) in [5, 5.41) is 23.8. The van der Waals surface area contributed by atoms with Gasteiger partial charge in [0.2, 0.25) is 14.3 Å². The van der Waals surface area contributed by atoms with Crippen LogP contribution in [-0.4, -0.2) is 85.7 Å². The number of methoxy groups -OCH3 is 1. The van der Waals surface area contributed by atoms with Gasteiger partial charge in [-0.1, -0.05) is 12.1 Å². The molecule has 3 aliphatic rings. The van der Waals surface area contributed by atoms with Gasteiger partial charge < -0.3 is 34.2 Å². The fraction of sp³-hybridized carbons (Fsp3) is 0.656. The third-order valence-electron chi connectivity index (χ3n) is 9.73. The number of esters is 1. The predicted molar refractivity (Wildman–Crippen MR) is 172 cm³/mol. The Kier molecular flexibility index (Phi) is 10.6. The van der Waals surface area contributed by atoms with Crippen molar-refractivity contribution < 1.29 is 33.1 Å². The van der Waals surface area contributed by atoms with Crippen LogP contribution in [0, 0.1) is 11.8 Å². The van der Waals surface area contributed by atoms with Crippen molar-refractivity contribution in [2.24, 2.45) is 11.8 Å². The number of amides is 2. The number of hydrogen-bond donors (Lipinski definition) is 3. The molecule has 12 nitrogen and oxygen atoms in total. The number of fused-ring (bicyclic) bond motifs is 2. The van der Waals surface area contributed by atoms with Gasteiger partial charge in [0.1, 0.15) is 0 Å². The average Bonchev–Trinajstić information content (AvgIpc) is 3.68. The van der Waals surface area contributed by atoms with Crippen molar-refractivity contribution in [1.82, 2.24) is 20.3 Å². The highest BCUT2D eigenvalue weighted by atomic mass is 28.4. The Morgan fingerprint density at radius 3 is 2.78 bits per heavy atom. The van der Waals surface area contributed by atoms with Gasteiger partial charge in [0.05, 0.1) is 30.5 Å². The first kappa shape index (κ1) is 34.1. The van der Waals surface area contributed by atoms with E-state index in [0.29, 0.717) is 67.9 Å². The maximum absolute atomic E-state index is 16.2. The lowest BCUT2D eigenvalue weighted by Gasteiger charge is -2.31. The van der Waals surface area contributed by atoms with Crippen LogP contribution in [-0.2, 0) is 42.4 Å². The number of nitrogens with zero attached hydrogens (tertiary/aromatic N) is 4. The minimum atomic E-state index is -3.37. The van der Waals surface area contributed by atoms with Gasteiger partial charge in [-0.15, -0.1) is 5.10 Å². The second-order valence-electron chi connectivity index (χ2n) is 13.3. The van der Waals surface area contributed by atoms with Crippen LogP contribution in [0.25, 0.3) is 0 Å². The third kappa shape index (κ3) is 6.90. The molecule has 3 aliphatic heterocycles. The Labute approximate surface area is 270 Å². The van der Waals surface area contributed by atoms with Crippen LogP contribution in [0.15, 0.2) is 24.4 Å². The number of carbonyl (C=O) groups excluding carboxylic acids is 3. The Balaban J connectivity index is 1.46.